The van der Waals surface area contributed by atoms with Crippen molar-refractivity contribution in [1.29, 1.82) is 0 Å². The lowest BCUT2D eigenvalue weighted by Crippen LogP contribution is -1.88. The van der Waals surface area contributed by atoms with Crippen LogP contribution in [0.4, 0.5) is 4.39 Å². The van der Waals surface area contributed by atoms with E-state index in [2.05, 4.69) is 15.2 Å². The number of hydrogen-bond donors (Lipinski definition) is 0. The van der Waals surface area contributed by atoms with Gasteiger partial charge in [-0.3, -0.25) is 4.98 Å². The van der Waals surface area contributed by atoms with E-state index < -0.39 is 0 Å². The molecular formula is C15H12FN3O2S. The monoisotopic (exact) mass is 317 g/mol. The number of ether oxygens (including phenoxy) is 1. The summed E-state index contributed by atoms with van der Waals surface area (Å²) in [6.45, 7) is 0. The van der Waals surface area contributed by atoms with Gasteiger partial charge in [-0.15, -0.1) is 10.2 Å². The fraction of sp³-hybridized carbons (Fsp3) is 0.133. The van der Waals surface area contributed by atoms with Gasteiger partial charge in [0.25, 0.3) is 5.22 Å². The van der Waals surface area contributed by atoms with Crippen LogP contribution in [0.5, 0.6) is 5.75 Å². The molecule has 0 bridgehead atoms. The van der Waals surface area contributed by atoms with E-state index in [0.717, 1.165) is 5.69 Å². The van der Waals surface area contributed by atoms with Gasteiger partial charge in [-0.05, 0) is 36.4 Å². The Morgan fingerprint density at radius 2 is 1.95 bits per heavy atom. The number of halogens is 1. The molecule has 7 heteroatoms. The Kier molecular flexibility index (Phi) is 4.34. The van der Waals surface area contributed by atoms with E-state index in [-0.39, 0.29) is 5.82 Å². The Bertz CT molecular complexity index is 744. The Labute approximate surface area is 130 Å². The van der Waals surface area contributed by atoms with Gasteiger partial charge < -0.3 is 9.15 Å². The highest BCUT2D eigenvalue weighted by molar-refractivity contribution is 7.98. The van der Waals surface area contributed by atoms with Crippen molar-refractivity contribution in [3.63, 3.8) is 0 Å². The molecule has 0 N–H and O–H groups in total. The van der Waals surface area contributed by atoms with Crippen LogP contribution in [-0.2, 0) is 5.75 Å². The van der Waals surface area contributed by atoms with Crippen LogP contribution in [0.25, 0.3) is 11.5 Å². The van der Waals surface area contributed by atoms with E-state index in [1.807, 2.05) is 12.1 Å². The molecule has 0 saturated heterocycles. The molecule has 0 aliphatic heterocycles. The molecule has 0 fully saturated rings. The minimum absolute atomic E-state index is 0.302. The summed E-state index contributed by atoms with van der Waals surface area (Å²) in [6.07, 6.45) is 1.66. The van der Waals surface area contributed by atoms with E-state index in [1.165, 1.54) is 23.9 Å². The molecule has 2 aromatic heterocycles. The van der Waals surface area contributed by atoms with Crippen LogP contribution in [0.3, 0.4) is 0 Å². The SMILES string of the molecule is COc1ccc(CSc2nnc(-c3ccc(F)cc3)o2)nc1. The van der Waals surface area contributed by atoms with E-state index in [0.29, 0.717) is 28.2 Å². The second kappa shape index (κ2) is 6.57. The predicted molar refractivity (Wildman–Crippen MR) is 80.0 cm³/mol. The smallest absolute Gasteiger partial charge is 0.277 e. The topological polar surface area (TPSA) is 61.0 Å². The van der Waals surface area contributed by atoms with Crippen LogP contribution >= 0.6 is 11.8 Å². The number of pyridine rings is 1. The maximum atomic E-state index is 12.9. The largest absolute Gasteiger partial charge is 0.495 e. The molecular weight excluding hydrogens is 305 g/mol. The third-order valence-corrected chi connectivity index (χ3v) is 3.73. The lowest BCUT2D eigenvalue weighted by molar-refractivity contribution is 0.412. The molecule has 3 aromatic rings. The summed E-state index contributed by atoms with van der Waals surface area (Å²) in [6, 6.07) is 9.63. The highest BCUT2D eigenvalue weighted by Crippen LogP contribution is 2.25. The number of rotatable bonds is 5. The summed E-state index contributed by atoms with van der Waals surface area (Å²) >= 11 is 1.39. The minimum Gasteiger partial charge on any atom is -0.495 e. The molecule has 3 rings (SSSR count). The van der Waals surface area contributed by atoms with Gasteiger partial charge in [-0.2, -0.15) is 0 Å². The van der Waals surface area contributed by atoms with Crippen molar-refractivity contribution in [3.8, 4) is 17.2 Å². The maximum absolute atomic E-state index is 12.9. The molecule has 0 atom stereocenters. The minimum atomic E-state index is -0.302. The second-order valence-electron chi connectivity index (χ2n) is 4.36. The van der Waals surface area contributed by atoms with Gasteiger partial charge in [0.05, 0.1) is 19.0 Å². The molecule has 0 unspecified atom stereocenters. The number of aromatic nitrogens is 3. The van der Waals surface area contributed by atoms with Crippen molar-refractivity contribution in [2.45, 2.75) is 11.0 Å². The average molecular weight is 317 g/mol. The summed E-state index contributed by atoms with van der Waals surface area (Å²) in [5.74, 6) is 1.38. The molecule has 0 saturated carbocycles. The molecule has 0 aliphatic rings. The fourth-order valence-corrected chi connectivity index (χ4v) is 2.41. The Morgan fingerprint density at radius 3 is 2.64 bits per heavy atom. The van der Waals surface area contributed by atoms with Crippen LogP contribution in [0.2, 0.25) is 0 Å². The third-order valence-electron chi connectivity index (χ3n) is 2.87. The quantitative estimate of drug-likeness (QED) is 0.670. The van der Waals surface area contributed by atoms with Crippen molar-refractivity contribution in [2.75, 3.05) is 7.11 Å². The average Bonchev–Trinajstić information content (AvgIpc) is 3.03. The first-order valence-corrected chi connectivity index (χ1v) is 7.44. The number of nitrogens with zero attached hydrogens (tertiary/aromatic N) is 3. The number of thioether (sulfide) groups is 1. The lowest BCUT2D eigenvalue weighted by Gasteiger charge is -2.00. The molecule has 112 valence electrons. The van der Waals surface area contributed by atoms with Crippen LogP contribution in [-0.4, -0.2) is 22.3 Å². The zero-order valence-electron chi connectivity index (χ0n) is 11.7. The van der Waals surface area contributed by atoms with Crippen LogP contribution in [0.1, 0.15) is 5.69 Å². The molecule has 0 radical (unpaired) electrons. The summed E-state index contributed by atoms with van der Waals surface area (Å²) in [4.78, 5) is 4.26. The first-order chi connectivity index (χ1) is 10.7. The van der Waals surface area contributed by atoms with E-state index in [1.54, 1.807) is 25.4 Å². The molecule has 1 aromatic carbocycles. The second-order valence-corrected chi connectivity index (χ2v) is 5.28. The van der Waals surface area contributed by atoms with Crippen LogP contribution in [0, 0.1) is 5.82 Å². The summed E-state index contributed by atoms with van der Waals surface area (Å²) < 4.78 is 23.5. The standard InChI is InChI=1S/C15H12FN3O2S/c1-20-13-7-6-12(17-8-13)9-22-15-19-18-14(21-15)10-2-4-11(16)5-3-10/h2-8H,9H2,1H3. The van der Waals surface area contributed by atoms with E-state index >= 15 is 0 Å². The normalized spacial score (nSPS) is 10.6. The molecule has 2 heterocycles. The van der Waals surface area contributed by atoms with E-state index in [4.69, 9.17) is 9.15 Å². The molecule has 0 amide bonds. The van der Waals surface area contributed by atoms with E-state index in [9.17, 15) is 4.39 Å². The Balaban J connectivity index is 1.65. The number of hydrogen-bond acceptors (Lipinski definition) is 6. The fourth-order valence-electron chi connectivity index (χ4n) is 1.73. The van der Waals surface area contributed by atoms with Gasteiger partial charge in [0.15, 0.2) is 0 Å². The molecule has 5 nitrogen and oxygen atoms in total. The summed E-state index contributed by atoms with van der Waals surface area (Å²) in [7, 11) is 1.60. The third kappa shape index (κ3) is 3.43. The summed E-state index contributed by atoms with van der Waals surface area (Å²) in [5, 5.41) is 8.36. The van der Waals surface area contributed by atoms with Crippen molar-refractivity contribution >= 4 is 11.8 Å². The van der Waals surface area contributed by atoms with Gasteiger partial charge in [0.2, 0.25) is 5.89 Å². The lowest BCUT2D eigenvalue weighted by atomic mass is 10.2. The van der Waals surface area contributed by atoms with Crippen molar-refractivity contribution in [1.82, 2.24) is 15.2 Å². The van der Waals surface area contributed by atoms with Gasteiger partial charge in [0, 0.05) is 11.3 Å². The highest BCUT2D eigenvalue weighted by atomic mass is 32.2. The van der Waals surface area contributed by atoms with Gasteiger partial charge in [-0.1, -0.05) is 11.8 Å². The predicted octanol–water partition coefficient (Wildman–Crippen LogP) is 3.57. The molecule has 0 spiro atoms. The highest BCUT2D eigenvalue weighted by Gasteiger charge is 2.09. The molecule has 22 heavy (non-hydrogen) atoms. The van der Waals surface area contributed by atoms with Gasteiger partial charge in [-0.25, -0.2) is 4.39 Å². The first kappa shape index (κ1) is 14.5. The van der Waals surface area contributed by atoms with Crippen molar-refractivity contribution in [2.24, 2.45) is 0 Å². The number of benzene rings is 1. The Hall–Kier alpha value is -2.41. The zero-order valence-corrected chi connectivity index (χ0v) is 12.5. The zero-order chi connectivity index (χ0) is 15.4. The van der Waals surface area contributed by atoms with Gasteiger partial charge >= 0.3 is 0 Å². The maximum Gasteiger partial charge on any atom is 0.277 e. The van der Waals surface area contributed by atoms with Crippen molar-refractivity contribution < 1.29 is 13.5 Å². The Morgan fingerprint density at radius 1 is 1.14 bits per heavy atom. The van der Waals surface area contributed by atoms with Crippen LogP contribution < -0.4 is 4.74 Å². The van der Waals surface area contributed by atoms with Crippen molar-refractivity contribution in [3.05, 3.63) is 54.1 Å². The first-order valence-electron chi connectivity index (χ1n) is 6.46. The van der Waals surface area contributed by atoms with Gasteiger partial charge in [0.1, 0.15) is 11.6 Å². The molecule has 0 aliphatic carbocycles. The summed E-state index contributed by atoms with van der Waals surface area (Å²) in [5.41, 5.74) is 1.57. The van der Waals surface area contributed by atoms with Crippen LogP contribution in [0.15, 0.2) is 52.2 Å². The number of methoxy groups -OCH3 is 1.